The number of hydrogen-bond donors (Lipinski definition) is 0. The van der Waals surface area contributed by atoms with Crippen LogP contribution in [0.1, 0.15) is 54.8 Å². The molecular weight excluding hydrogens is 1050 g/mol. The Morgan fingerprint density at radius 1 is 0.455 bits per heavy atom. The third-order valence-corrected chi connectivity index (χ3v) is 16.3. The maximum absolute atomic E-state index is 5.48. The minimum Gasteiger partial charge on any atom is -0.493 e. The third-order valence-electron chi connectivity index (χ3n) is 11.6. The smallest absolute Gasteiger partial charge is 0.231 e. The Bertz CT molecular complexity index is 3640. The van der Waals surface area contributed by atoms with E-state index in [0.29, 0.717) is 6.79 Å². The van der Waals surface area contributed by atoms with Crippen molar-refractivity contribution in [2.24, 2.45) is 0 Å². The first-order chi connectivity index (χ1) is 37.4. The van der Waals surface area contributed by atoms with Crippen LogP contribution in [-0.2, 0) is 6.42 Å². The number of thiophene rings is 5. The Morgan fingerprint density at radius 3 is 1.90 bits per heavy atom. The molecule has 77 heavy (non-hydrogen) atoms. The minimum absolute atomic E-state index is 0.360. The molecule has 8 aromatic heterocycles. The molecule has 10 heterocycles. The number of para-hydroxylation sites is 1. The van der Waals surface area contributed by atoms with E-state index < -0.39 is 0 Å². The quantitative estimate of drug-likeness (QED) is 0.162. The Labute approximate surface area is 471 Å². The monoisotopic (exact) mass is 1110 g/mol. The van der Waals surface area contributed by atoms with E-state index >= 15 is 0 Å². The topological polar surface area (TPSA) is 80.0 Å². The van der Waals surface area contributed by atoms with Crippen molar-refractivity contribution in [1.29, 1.82) is 0 Å². The number of furan rings is 2. The minimum atomic E-state index is 0.360. The fourth-order valence-electron chi connectivity index (χ4n) is 7.93. The molecule has 0 fully saturated rings. The molecule has 7 nitrogen and oxygen atoms in total. The number of aromatic nitrogens is 1. The highest BCUT2D eigenvalue weighted by atomic mass is 32.1. The molecule has 0 N–H and O–H groups in total. The second kappa shape index (κ2) is 28.3. The van der Waals surface area contributed by atoms with Gasteiger partial charge in [0.15, 0.2) is 17.3 Å². The molecule has 5 aromatic carbocycles. The molecule has 0 radical (unpaired) electrons. The molecule has 15 rings (SSSR count). The first-order valence-corrected chi connectivity index (χ1v) is 29.5. The Kier molecular flexibility index (Phi) is 20.6. The zero-order valence-corrected chi connectivity index (χ0v) is 48.7. The van der Waals surface area contributed by atoms with Gasteiger partial charge in [0.1, 0.15) is 22.7 Å². The number of nitrogens with zero attached hydrogens (tertiary/aromatic N) is 1. The van der Waals surface area contributed by atoms with Crippen molar-refractivity contribution in [3.05, 3.63) is 235 Å². The summed E-state index contributed by atoms with van der Waals surface area (Å²) in [6.45, 7) is 17.7. The summed E-state index contributed by atoms with van der Waals surface area (Å²) in [7, 11) is 0. The van der Waals surface area contributed by atoms with E-state index in [9.17, 15) is 0 Å². The molecular formula is C65H63NO6S5. The van der Waals surface area contributed by atoms with Gasteiger partial charge in [0.25, 0.3) is 0 Å². The van der Waals surface area contributed by atoms with Gasteiger partial charge < -0.3 is 27.6 Å². The molecule has 0 spiro atoms. The lowest BCUT2D eigenvalue weighted by atomic mass is 10.0. The van der Waals surface area contributed by atoms with Crippen LogP contribution >= 0.6 is 56.7 Å². The van der Waals surface area contributed by atoms with Crippen LogP contribution in [0, 0.1) is 55.4 Å². The molecule has 12 heteroatoms. The van der Waals surface area contributed by atoms with Crippen molar-refractivity contribution in [2.45, 2.75) is 68.2 Å². The fourth-order valence-corrected chi connectivity index (χ4v) is 12.1. The van der Waals surface area contributed by atoms with Crippen LogP contribution in [0.15, 0.2) is 200 Å². The van der Waals surface area contributed by atoms with Gasteiger partial charge in [-0.25, -0.2) is 0 Å². The van der Waals surface area contributed by atoms with Gasteiger partial charge in [0.2, 0.25) is 6.79 Å². The van der Waals surface area contributed by atoms with Gasteiger partial charge in [-0.2, -0.15) is 0 Å². The largest absolute Gasteiger partial charge is 0.493 e. The van der Waals surface area contributed by atoms with Crippen LogP contribution in [0.3, 0.4) is 0 Å². The number of hydrogen-bond acceptors (Lipinski definition) is 12. The van der Waals surface area contributed by atoms with Gasteiger partial charge in [0, 0.05) is 45.6 Å². The third kappa shape index (κ3) is 17.2. The summed E-state index contributed by atoms with van der Waals surface area (Å²) in [5, 5.41) is 13.8. The molecule has 0 aliphatic carbocycles. The lowest BCUT2D eigenvalue weighted by Crippen LogP contribution is -2.07. The first kappa shape index (κ1) is 56.0. The van der Waals surface area contributed by atoms with Gasteiger partial charge in [-0.15, -0.1) is 56.7 Å². The van der Waals surface area contributed by atoms with Crippen LogP contribution in [0.4, 0.5) is 0 Å². The van der Waals surface area contributed by atoms with Crippen molar-refractivity contribution in [3.8, 4) is 27.9 Å². The molecule has 0 atom stereocenters. The second-order valence-electron chi connectivity index (χ2n) is 18.2. The predicted octanol–water partition coefficient (Wildman–Crippen LogP) is 20.8. The summed E-state index contributed by atoms with van der Waals surface area (Å²) in [4.78, 5) is 5.32. The Morgan fingerprint density at radius 2 is 1.17 bits per heavy atom. The standard InChI is InChI=1S/C10H12O.2C9H8O.C9H8S.C8H7NOS.C8H8O2.C7H6S2.C5H6S/c1-8-4-5-10-9(7-8)3-2-6-11-10;1-7-2-3-8-4-5-10-9(8)6-7;2*1-7-6-8-4-2-3-5-9(8)10-7;1-6-5-7(10-9-6)8-3-2-4-11-8;1-6-2-3-7-8(4-6)10-5-9-7;1-5-4-7-6(9-5)2-3-8-7;1-5-3-2-4-6-5/h4-5,7H,2-3,6H2,1H3;3*2-6H,1H3;2-5H,1H3;2-4H,5H2,1H3;2-4H,1H3;2-4H,1H3. The SMILES string of the molecule is Cc1cc(-c2cccs2)on1.Cc1cc2ccccc2o1.Cc1cc2ccccc2s1.Cc1cc2sccc2s1.Cc1ccc2c(c1)CCCO2.Cc1ccc2c(c1)OCO2.Cc1ccc2ccoc2c1.Cc1cccs1. The van der Waals surface area contributed by atoms with Crippen molar-refractivity contribution >= 4 is 98.1 Å². The summed E-state index contributed by atoms with van der Waals surface area (Å²) in [6.07, 6.45) is 4.05. The van der Waals surface area contributed by atoms with E-state index in [1.54, 1.807) is 28.9 Å². The average Bonchev–Trinajstić information content (AvgIpc) is 4.26. The molecule has 0 amide bonds. The van der Waals surface area contributed by atoms with E-state index in [4.69, 9.17) is 27.6 Å². The summed E-state index contributed by atoms with van der Waals surface area (Å²) < 4.78 is 35.6. The molecule has 13 aromatic rings. The lowest BCUT2D eigenvalue weighted by molar-refractivity contribution is 0.174. The maximum atomic E-state index is 5.48. The number of ether oxygens (including phenoxy) is 3. The van der Waals surface area contributed by atoms with E-state index in [0.717, 1.165) is 63.5 Å². The van der Waals surface area contributed by atoms with E-state index in [1.165, 1.54) is 73.6 Å². The summed E-state index contributed by atoms with van der Waals surface area (Å²) in [6, 6.07) is 55.7. The van der Waals surface area contributed by atoms with Crippen LogP contribution in [0.25, 0.3) is 52.1 Å². The van der Waals surface area contributed by atoms with E-state index in [1.807, 2.05) is 139 Å². The van der Waals surface area contributed by atoms with Crippen molar-refractivity contribution in [3.63, 3.8) is 0 Å². The van der Waals surface area contributed by atoms with Crippen molar-refractivity contribution in [2.75, 3.05) is 13.4 Å². The van der Waals surface area contributed by atoms with Crippen LogP contribution < -0.4 is 14.2 Å². The normalized spacial score (nSPS) is 11.5. The Balaban J connectivity index is 0.000000117. The summed E-state index contributed by atoms with van der Waals surface area (Å²) in [5.74, 6) is 4.63. The molecule has 394 valence electrons. The predicted molar refractivity (Wildman–Crippen MR) is 329 cm³/mol. The van der Waals surface area contributed by atoms with Gasteiger partial charge in [-0.3, -0.25) is 0 Å². The van der Waals surface area contributed by atoms with Crippen LogP contribution in [0.2, 0.25) is 0 Å². The highest BCUT2D eigenvalue weighted by Crippen LogP contribution is 2.33. The molecule has 0 unspecified atom stereocenters. The average molecular weight is 1110 g/mol. The summed E-state index contributed by atoms with van der Waals surface area (Å²) in [5.41, 5.74) is 8.01. The Hall–Kier alpha value is -7.19. The van der Waals surface area contributed by atoms with Gasteiger partial charge in [-0.05, 0) is 185 Å². The maximum Gasteiger partial charge on any atom is 0.231 e. The van der Waals surface area contributed by atoms with E-state index in [2.05, 4.69) is 135 Å². The lowest BCUT2D eigenvalue weighted by Gasteiger charge is -2.16. The zero-order valence-electron chi connectivity index (χ0n) is 44.7. The first-order valence-electron chi connectivity index (χ1n) is 25.3. The number of aryl methyl sites for hydroxylation is 9. The number of rotatable bonds is 1. The number of benzene rings is 5. The zero-order chi connectivity index (χ0) is 53.9. The highest BCUT2D eigenvalue weighted by molar-refractivity contribution is 7.26. The second-order valence-corrected chi connectivity index (χ2v) is 23.8. The van der Waals surface area contributed by atoms with Crippen LogP contribution in [0.5, 0.6) is 17.2 Å². The fraction of sp³-hybridized carbons (Fsp3) is 0.185. The van der Waals surface area contributed by atoms with Gasteiger partial charge >= 0.3 is 0 Å². The van der Waals surface area contributed by atoms with E-state index in [-0.39, 0.29) is 0 Å². The summed E-state index contributed by atoms with van der Waals surface area (Å²) >= 11 is 8.97. The highest BCUT2D eigenvalue weighted by Gasteiger charge is 2.12. The van der Waals surface area contributed by atoms with Crippen molar-refractivity contribution < 1.29 is 27.6 Å². The van der Waals surface area contributed by atoms with Crippen molar-refractivity contribution in [1.82, 2.24) is 5.16 Å². The molecule has 2 aliphatic rings. The molecule has 0 bridgehead atoms. The molecule has 2 aliphatic heterocycles. The van der Waals surface area contributed by atoms with Gasteiger partial charge in [-0.1, -0.05) is 89.6 Å². The molecule has 0 saturated carbocycles. The van der Waals surface area contributed by atoms with Gasteiger partial charge in [0.05, 0.1) is 23.4 Å². The molecule has 0 saturated heterocycles. The van der Waals surface area contributed by atoms with Crippen LogP contribution in [-0.4, -0.2) is 18.6 Å². The number of fused-ring (bicyclic) bond motifs is 6.